The van der Waals surface area contributed by atoms with E-state index in [-0.39, 0.29) is 0 Å². The topological polar surface area (TPSA) is 26.3 Å². The van der Waals surface area contributed by atoms with E-state index in [1.165, 1.54) is 125 Å². The minimum atomic E-state index is 0.872. The number of rotatable bonds is 7. The van der Waals surface area contributed by atoms with Crippen molar-refractivity contribution in [2.75, 3.05) is 0 Å². The largest absolute Gasteiger partial charge is 0.456 e. The number of hydrogen-bond donors (Lipinski definition) is 0. The summed E-state index contributed by atoms with van der Waals surface area (Å²) >= 11 is 0. The van der Waals surface area contributed by atoms with E-state index in [9.17, 15) is 0 Å². The SMILES string of the molecule is c1ccc2cc(-c3c4ccccc4c(-c4ccc(-c5ccc6oc7cc8c(-c9cc(-c%10c%11ccccc%11c(-c%11ccc(-c%12ccc%13oc%14cc%15ccccc%15cc%14c%13c%12)cc%11)c%11ccccc%10%11)c%10ccccc%10c9)cccc8cc7c6c5)cc4)c4ccccc34)ccc2c1. The molecule has 434 valence electrons. The third kappa shape index (κ3) is 8.16. The van der Waals surface area contributed by atoms with E-state index < -0.39 is 0 Å². The maximum Gasteiger partial charge on any atom is 0.136 e. The molecule has 0 bridgehead atoms. The number of fused-ring (bicyclic) bond motifs is 14. The number of benzene rings is 18. The molecule has 18 aromatic carbocycles. The van der Waals surface area contributed by atoms with E-state index in [0.29, 0.717) is 0 Å². The Labute approximate surface area is 541 Å². The van der Waals surface area contributed by atoms with Crippen LogP contribution in [0.3, 0.4) is 0 Å². The fourth-order valence-corrected chi connectivity index (χ4v) is 15.8. The van der Waals surface area contributed by atoms with Crippen molar-refractivity contribution < 1.29 is 8.83 Å². The quantitative estimate of drug-likeness (QED) is 0.149. The van der Waals surface area contributed by atoms with Gasteiger partial charge in [-0.2, -0.15) is 0 Å². The molecule has 2 aromatic heterocycles. The molecule has 0 saturated heterocycles. The van der Waals surface area contributed by atoms with Crippen LogP contribution < -0.4 is 0 Å². The second-order valence-corrected chi connectivity index (χ2v) is 25.3. The van der Waals surface area contributed by atoms with Crippen molar-refractivity contribution in [3.63, 3.8) is 0 Å². The highest BCUT2D eigenvalue weighted by molar-refractivity contribution is 6.25. The second-order valence-electron chi connectivity index (χ2n) is 25.3. The van der Waals surface area contributed by atoms with Crippen LogP contribution in [-0.2, 0) is 0 Å². The number of furan rings is 2. The molecule has 0 radical (unpaired) electrons. The van der Waals surface area contributed by atoms with Gasteiger partial charge in [0.2, 0.25) is 0 Å². The van der Waals surface area contributed by atoms with Gasteiger partial charge in [0.1, 0.15) is 22.3 Å². The van der Waals surface area contributed by atoms with Crippen LogP contribution in [0, 0.1) is 0 Å². The molecule has 2 nitrogen and oxygen atoms in total. The van der Waals surface area contributed by atoms with E-state index in [2.05, 4.69) is 328 Å². The summed E-state index contributed by atoms with van der Waals surface area (Å²) in [5.74, 6) is 0. The Morgan fingerprint density at radius 1 is 0.138 bits per heavy atom. The van der Waals surface area contributed by atoms with Gasteiger partial charge in [-0.15, -0.1) is 0 Å². The van der Waals surface area contributed by atoms with Gasteiger partial charge >= 0.3 is 0 Å². The zero-order valence-corrected chi connectivity index (χ0v) is 51.0. The van der Waals surface area contributed by atoms with Gasteiger partial charge in [0, 0.05) is 21.5 Å². The van der Waals surface area contributed by atoms with Crippen molar-refractivity contribution in [2.24, 2.45) is 0 Å². The molecule has 0 saturated carbocycles. The fourth-order valence-electron chi connectivity index (χ4n) is 15.8. The van der Waals surface area contributed by atoms with Crippen LogP contribution in [0.2, 0.25) is 0 Å². The molecule has 0 N–H and O–H groups in total. The monoisotopic (exact) mass is 1190 g/mol. The second kappa shape index (κ2) is 20.6. The first-order valence-electron chi connectivity index (χ1n) is 32.4. The molecular formula is C92H54O2. The minimum Gasteiger partial charge on any atom is -0.456 e. The van der Waals surface area contributed by atoms with Crippen LogP contribution in [0.25, 0.3) is 208 Å². The van der Waals surface area contributed by atoms with Crippen molar-refractivity contribution in [1.29, 1.82) is 0 Å². The van der Waals surface area contributed by atoms with Crippen molar-refractivity contribution in [3.8, 4) is 77.9 Å². The van der Waals surface area contributed by atoms with Crippen LogP contribution >= 0.6 is 0 Å². The molecule has 0 atom stereocenters. The van der Waals surface area contributed by atoms with Crippen molar-refractivity contribution >= 4 is 130 Å². The van der Waals surface area contributed by atoms with Crippen LogP contribution in [0.4, 0.5) is 0 Å². The standard InChI is InChI=1S/C92H54O2/c1-2-17-60-46-67(41-36-55(60)16-1)91-73-25-9-7-23-71(73)89(72-24-8-10-26-74(72)91)58-37-32-57(33-38-58)64-43-45-86-81(50-64)83-51-66-21-15-31-70(79(66)54-88(83)94-86)68-47-65-20-5-6-22-69(65)84(52-68)92-77-29-13-11-27-75(77)90(76-28-12-14-30-78(76)92)59-39-34-56(35-40-59)63-42-44-85-80(49-63)82-48-61-18-3-4-19-62(61)53-87(82)93-85/h1-54H. The zero-order valence-electron chi connectivity index (χ0n) is 51.0. The van der Waals surface area contributed by atoms with Gasteiger partial charge in [0.25, 0.3) is 0 Å². The molecule has 0 unspecified atom stereocenters. The molecular weight excluding hydrogens is 1140 g/mol. The van der Waals surface area contributed by atoms with E-state index in [0.717, 1.165) is 82.6 Å². The number of hydrogen-bond acceptors (Lipinski definition) is 2. The maximum atomic E-state index is 6.83. The van der Waals surface area contributed by atoms with Gasteiger partial charge in [0.05, 0.1) is 0 Å². The van der Waals surface area contributed by atoms with Crippen LogP contribution in [0.1, 0.15) is 0 Å². The van der Waals surface area contributed by atoms with Gasteiger partial charge in [-0.3, -0.25) is 0 Å². The summed E-state index contributed by atoms with van der Waals surface area (Å²) < 4.78 is 13.2. The molecule has 94 heavy (non-hydrogen) atoms. The van der Waals surface area contributed by atoms with Crippen molar-refractivity contribution in [2.45, 2.75) is 0 Å². The molecule has 0 amide bonds. The Morgan fingerprint density at radius 3 is 1.02 bits per heavy atom. The predicted molar refractivity (Wildman–Crippen MR) is 399 cm³/mol. The summed E-state index contributed by atoms with van der Waals surface area (Å²) in [5, 5.41) is 23.9. The van der Waals surface area contributed by atoms with Gasteiger partial charge in [0.15, 0.2) is 0 Å². The molecule has 2 heteroatoms. The summed E-state index contributed by atoms with van der Waals surface area (Å²) in [6.45, 7) is 0. The summed E-state index contributed by atoms with van der Waals surface area (Å²) in [6.07, 6.45) is 0. The van der Waals surface area contributed by atoms with E-state index in [1.807, 2.05) is 0 Å². The van der Waals surface area contributed by atoms with E-state index in [4.69, 9.17) is 8.83 Å². The van der Waals surface area contributed by atoms with Crippen LogP contribution in [0.15, 0.2) is 336 Å². The predicted octanol–water partition coefficient (Wildman–Crippen LogP) is 26.4. The van der Waals surface area contributed by atoms with E-state index >= 15 is 0 Å². The molecule has 0 fully saturated rings. The summed E-state index contributed by atoms with van der Waals surface area (Å²) in [4.78, 5) is 0. The van der Waals surface area contributed by atoms with Gasteiger partial charge in [-0.05, 0) is 231 Å². The lowest BCUT2D eigenvalue weighted by Crippen LogP contribution is -1.93. The lowest BCUT2D eigenvalue weighted by atomic mass is 9.83. The molecule has 20 rings (SSSR count). The Balaban J connectivity index is 0.664. The summed E-state index contributed by atoms with van der Waals surface area (Å²) in [6, 6.07) is 121. The summed E-state index contributed by atoms with van der Waals surface area (Å²) in [5.41, 5.74) is 20.3. The normalized spacial score (nSPS) is 12.0. The molecule has 0 aliphatic carbocycles. The Bertz CT molecular complexity index is 6460. The molecule has 0 spiro atoms. The van der Waals surface area contributed by atoms with Crippen LogP contribution in [-0.4, -0.2) is 0 Å². The highest BCUT2D eigenvalue weighted by Gasteiger charge is 2.22. The van der Waals surface area contributed by atoms with Crippen molar-refractivity contribution in [3.05, 3.63) is 328 Å². The third-order valence-corrected chi connectivity index (χ3v) is 20.2. The Morgan fingerprint density at radius 2 is 0.489 bits per heavy atom. The maximum absolute atomic E-state index is 6.83. The molecule has 0 aliphatic rings. The van der Waals surface area contributed by atoms with Gasteiger partial charge in [-0.25, -0.2) is 0 Å². The Kier molecular flexibility index (Phi) is 11.5. The van der Waals surface area contributed by atoms with E-state index in [1.54, 1.807) is 0 Å². The minimum absolute atomic E-state index is 0.872. The first kappa shape index (κ1) is 52.4. The third-order valence-electron chi connectivity index (χ3n) is 20.2. The first-order valence-corrected chi connectivity index (χ1v) is 32.4. The lowest BCUT2D eigenvalue weighted by molar-refractivity contribution is 0.669. The average molecular weight is 1190 g/mol. The highest BCUT2D eigenvalue weighted by Crippen LogP contribution is 2.49. The lowest BCUT2D eigenvalue weighted by Gasteiger charge is -2.20. The zero-order chi connectivity index (χ0) is 61.5. The smallest absolute Gasteiger partial charge is 0.136 e. The molecule has 20 aromatic rings. The first-order chi connectivity index (χ1) is 46.6. The molecule has 0 aliphatic heterocycles. The highest BCUT2D eigenvalue weighted by atomic mass is 16.3. The summed E-state index contributed by atoms with van der Waals surface area (Å²) in [7, 11) is 0. The average Bonchev–Trinajstić information content (AvgIpc) is 0.913. The van der Waals surface area contributed by atoms with Crippen molar-refractivity contribution in [1.82, 2.24) is 0 Å². The molecule has 2 heterocycles. The van der Waals surface area contributed by atoms with Gasteiger partial charge < -0.3 is 8.83 Å². The van der Waals surface area contributed by atoms with Crippen LogP contribution in [0.5, 0.6) is 0 Å². The van der Waals surface area contributed by atoms with Gasteiger partial charge in [-0.1, -0.05) is 261 Å². The fraction of sp³-hybridized carbons (Fsp3) is 0. The Hall–Kier alpha value is -12.4.